The molecule has 0 spiro atoms. The van der Waals surface area contributed by atoms with E-state index >= 15 is 0 Å². The molecule has 0 atom stereocenters. The second-order valence-corrected chi connectivity index (χ2v) is 5.49. The van der Waals surface area contributed by atoms with Gasteiger partial charge in [0.25, 0.3) is 0 Å². The van der Waals surface area contributed by atoms with Gasteiger partial charge in [-0.25, -0.2) is 4.98 Å². The van der Waals surface area contributed by atoms with Crippen LogP contribution in [0.4, 0.5) is 11.6 Å². The van der Waals surface area contributed by atoms with Crippen molar-refractivity contribution < 1.29 is 4.74 Å². The molecule has 0 fully saturated rings. The number of rotatable bonds is 7. The smallest absolute Gasteiger partial charge is 0.207 e. The highest BCUT2D eigenvalue weighted by Gasteiger charge is 2.05. The molecule has 2 aromatic rings. The number of halogens is 1. The largest absolute Gasteiger partial charge is 0.382 e. The Morgan fingerprint density at radius 3 is 3.00 bits per heavy atom. The molecule has 2 rings (SSSR count). The van der Waals surface area contributed by atoms with Crippen LogP contribution in [0.25, 0.3) is 0 Å². The van der Waals surface area contributed by atoms with E-state index in [1.165, 1.54) is 5.56 Å². The minimum absolute atomic E-state index is 0.771. The number of nitrogens with one attached hydrogen (secondary N) is 1. The summed E-state index contributed by atoms with van der Waals surface area (Å²) >= 11 is 3.48. The highest BCUT2D eigenvalue weighted by atomic mass is 79.9. The minimum atomic E-state index is 0.771. The Bertz CT molecular complexity index is 554. The predicted molar refractivity (Wildman–Crippen MR) is 85.5 cm³/mol. The van der Waals surface area contributed by atoms with E-state index in [-0.39, 0.29) is 0 Å². The van der Waals surface area contributed by atoms with E-state index in [0.717, 1.165) is 42.3 Å². The molecular weight excluding hydrogens is 318 g/mol. The number of hydrogen-bond donors (Lipinski definition) is 1. The van der Waals surface area contributed by atoms with E-state index in [9.17, 15) is 0 Å². The van der Waals surface area contributed by atoms with Gasteiger partial charge in [-0.3, -0.25) is 0 Å². The monoisotopic (exact) mass is 337 g/mol. The lowest BCUT2D eigenvalue weighted by atomic mass is 10.2. The molecule has 1 heterocycles. The summed E-state index contributed by atoms with van der Waals surface area (Å²) in [5, 5.41) is 3.38. The van der Waals surface area contributed by atoms with Gasteiger partial charge in [0, 0.05) is 42.3 Å². The minimum Gasteiger partial charge on any atom is -0.382 e. The molecule has 1 aromatic carbocycles. The van der Waals surface area contributed by atoms with Gasteiger partial charge in [-0.05, 0) is 44.0 Å². The molecule has 0 aliphatic carbocycles. The van der Waals surface area contributed by atoms with E-state index < -0.39 is 0 Å². The Labute approximate surface area is 128 Å². The van der Waals surface area contributed by atoms with E-state index in [1.54, 1.807) is 0 Å². The van der Waals surface area contributed by atoms with Crippen LogP contribution in [0.3, 0.4) is 0 Å². The standard InChI is InChI=1S/C15H20BrN3O/c1-3-20-10-4-8-19-9-7-17-15(19)18-14-6-5-13(16)11-12(14)2/h5-7,9,11H,3-4,8,10H2,1-2H3,(H,17,18). The molecule has 0 amide bonds. The lowest BCUT2D eigenvalue weighted by molar-refractivity contribution is 0.142. The Morgan fingerprint density at radius 1 is 1.40 bits per heavy atom. The second-order valence-electron chi connectivity index (χ2n) is 4.58. The first-order chi connectivity index (χ1) is 9.70. The average Bonchev–Trinajstić information content (AvgIpc) is 2.85. The maximum atomic E-state index is 5.36. The zero-order chi connectivity index (χ0) is 14.4. The lowest BCUT2D eigenvalue weighted by Gasteiger charge is -2.12. The van der Waals surface area contributed by atoms with Gasteiger partial charge in [0.2, 0.25) is 5.95 Å². The number of ether oxygens (including phenoxy) is 1. The van der Waals surface area contributed by atoms with Crippen molar-refractivity contribution >= 4 is 27.6 Å². The number of hydrogen-bond acceptors (Lipinski definition) is 3. The van der Waals surface area contributed by atoms with Crippen molar-refractivity contribution in [1.29, 1.82) is 0 Å². The number of nitrogens with zero attached hydrogens (tertiary/aromatic N) is 2. The molecule has 0 radical (unpaired) electrons. The third-order valence-corrected chi connectivity index (χ3v) is 3.54. The SMILES string of the molecule is CCOCCCn1ccnc1Nc1ccc(Br)cc1C. The lowest BCUT2D eigenvalue weighted by Crippen LogP contribution is -2.06. The zero-order valence-corrected chi connectivity index (χ0v) is 13.5. The number of benzene rings is 1. The van der Waals surface area contributed by atoms with Crippen LogP contribution in [0.5, 0.6) is 0 Å². The van der Waals surface area contributed by atoms with E-state index in [0.29, 0.717) is 0 Å². The van der Waals surface area contributed by atoms with Crippen molar-refractivity contribution in [3.63, 3.8) is 0 Å². The molecule has 4 nitrogen and oxygen atoms in total. The van der Waals surface area contributed by atoms with Crippen molar-refractivity contribution in [2.45, 2.75) is 26.8 Å². The summed E-state index contributed by atoms with van der Waals surface area (Å²) < 4.78 is 8.56. The maximum Gasteiger partial charge on any atom is 0.207 e. The van der Waals surface area contributed by atoms with Gasteiger partial charge in [0.1, 0.15) is 0 Å². The molecule has 0 saturated heterocycles. The number of aromatic nitrogens is 2. The summed E-state index contributed by atoms with van der Waals surface area (Å²) in [6, 6.07) is 6.17. The molecule has 0 bridgehead atoms. The van der Waals surface area contributed by atoms with Gasteiger partial charge in [0.05, 0.1) is 0 Å². The van der Waals surface area contributed by atoms with Crippen molar-refractivity contribution in [1.82, 2.24) is 9.55 Å². The van der Waals surface area contributed by atoms with E-state index in [2.05, 4.69) is 49.9 Å². The topological polar surface area (TPSA) is 39.1 Å². The Hall–Kier alpha value is -1.33. The summed E-state index contributed by atoms with van der Waals surface area (Å²) in [7, 11) is 0. The third kappa shape index (κ3) is 4.08. The molecule has 0 unspecified atom stereocenters. The molecule has 5 heteroatoms. The fourth-order valence-corrected chi connectivity index (χ4v) is 2.46. The molecule has 0 saturated carbocycles. The molecule has 0 aliphatic heterocycles. The van der Waals surface area contributed by atoms with Gasteiger partial charge in [0.15, 0.2) is 0 Å². The van der Waals surface area contributed by atoms with Crippen molar-refractivity contribution in [3.05, 3.63) is 40.6 Å². The summed E-state index contributed by atoms with van der Waals surface area (Å²) in [6.45, 7) is 6.55. The second kappa shape index (κ2) is 7.45. The Balaban J connectivity index is 2.01. The summed E-state index contributed by atoms with van der Waals surface area (Å²) in [4.78, 5) is 4.37. The molecule has 1 aromatic heterocycles. The van der Waals surface area contributed by atoms with Gasteiger partial charge in [-0.2, -0.15) is 0 Å². The van der Waals surface area contributed by atoms with Crippen LogP contribution in [0.15, 0.2) is 35.1 Å². The number of anilines is 2. The van der Waals surface area contributed by atoms with Crippen molar-refractivity contribution in [3.8, 4) is 0 Å². The molecule has 20 heavy (non-hydrogen) atoms. The van der Waals surface area contributed by atoms with Gasteiger partial charge in [-0.15, -0.1) is 0 Å². The van der Waals surface area contributed by atoms with Gasteiger partial charge < -0.3 is 14.6 Å². The van der Waals surface area contributed by atoms with Gasteiger partial charge in [-0.1, -0.05) is 15.9 Å². The first-order valence-electron chi connectivity index (χ1n) is 6.82. The average molecular weight is 338 g/mol. The Morgan fingerprint density at radius 2 is 2.25 bits per heavy atom. The number of imidazole rings is 1. The molecule has 0 aliphatic rings. The van der Waals surface area contributed by atoms with Crippen LogP contribution in [0.2, 0.25) is 0 Å². The third-order valence-electron chi connectivity index (χ3n) is 3.04. The van der Waals surface area contributed by atoms with Crippen LogP contribution >= 0.6 is 15.9 Å². The van der Waals surface area contributed by atoms with Crippen LogP contribution in [0, 0.1) is 6.92 Å². The highest BCUT2D eigenvalue weighted by Crippen LogP contribution is 2.23. The summed E-state index contributed by atoms with van der Waals surface area (Å²) in [5.41, 5.74) is 2.26. The predicted octanol–water partition coefficient (Wildman–Crippen LogP) is 4.12. The van der Waals surface area contributed by atoms with E-state index in [4.69, 9.17) is 4.74 Å². The normalized spacial score (nSPS) is 10.8. The fourth-order valence-electron chi connectivity index (χ4n) is 1.98. The number of aryl methyl sites for hydroxylation is 2. The summed E-state index contributed by atoms with van der Waals surface area (Å²) in [6.07, 6.45) is 4.79. The Kier molecular flexibility index (Phi) is 5.61. The van der Waals surface area contributed by atoms with Gasteiger partial charge >= 0.3 is 0 Å². The van der Waals surface area contributed by atoms with Crippen LogP contribution < -0.4 is 5.32 Å². The van der Waals surface area contributed by atoms with Crippen molar-refractivity contribution in [2.75, 3.05) is 18.5 Å². The van der Waals surface area contributed by atoms with Crippen LogP contribution in [-0.2, 0) is 11.3 Å². The van der Waals surface area contributed by atoms with Crippen molar-refractivity contribution in [2.24, 2.45) is 0 Å². The first kappa shape index (κ1) is 15.1. The molecular formula is C15H20BrN3O. The molecule has 1 N–H and O–H groups in total. The molecule has 108 valence electrons. The quantitative estimate of drug-likeness (QED) is 0.772. The first-order valence-corrected chi connectivity index (χ1v) is 7.62. The summed E-state index contributed by atoms with van der Waals surface area (Å²) in [5.74, 6) is 0.868. The zero-order valence-electron chi connectivity index (χ0n) is 11.9. The maximum absolute atomic E-state index is 5.36. The fraction of sp³-hybridized carbons (Fsp3) is 0.400. The highest BCUT2D eigenvalue weighted by molar-refractivity contribution is 9.10. The van der Waals surface area contributed by atoms with E-state index in [1.807, 2.05) is 25.4 Å². The van der Waals surface area contributed by atoms with Crippen LogP contribution in [-0.4, -0.2) is 22.8 Å². The van der Waals surface area contributed by atoms with Crippen LogP contribution in [0.1, 0.15) is 18.9 Å².